The van der Waals surface area contributed by atoms with Crippen molar-refractivity contribution in [3.63, 3.8) is 0 Å². The third-order valence-electron chi connectivity index (χ3n) is 4.45. The molecule has 0 radical (unpaired) electrons. The SMILES string of the molecule is C=IC(F)(I)COc1cc(C(=O)NC(/C(C)=N/O)C(C)(C)C)ncc1C1CC1. The lowest BCUT2D eigenvalue weighted by Gasteiger charge is -2.30. The highest BCUT2D eigenvalue weighted by molar-refractivity contribution is 14.2. The van der Waals surface area contributed by atoms with Gasteiger partial charge in [-0.15, -0.1) is 0 Å². The number of nitrogens with zero attached hydrogens (tertiary/aromatic N) is 2. The van der Waals surface area contributed by atoms with Gasteiger partial charge in [-0.05, 0) is 53.7 Å². The molecule has 1 aromatic rings. The molecule has 1 saturated carbocycles. The number of carbonyl (C=O) groups excluding carboxylic acids is 1. The monoisotopic (exact) mass is 617 g/mol. The van der Waals surface area contributed by atoms with E-state index < -0.39 is 34.4 Å². The molecular weight excluding hydrogens is 591 g/mol. The van der Waals surface area contributed by atoms with Crippen molar-refractivity contribution in [1.82, 2.24) is 10.3 Å². The first kappa shape index (κ1) is 23.4. The fourth-order valence-electron chi connectivity index (χ4n) is 2.81. The maximum absolute atomic E-state index is 14.3. The van der Waals surface area contributed by atoms with E-state index in [0.29, 0.717) is 17.4 Å². The summed E-state index contributed by atoms with van der Waals surface area (Å²) in [5, 5.41) is 15.2. The minimum atomic E-state index is -1.46. The topological polar surface area (TPSA) is 83.8 Å². The molecular formula is C19H26FI2N3O3. The minimum Gasteiger partial charge on any atom is -0.488 e. The second-order valence-corrected chi connectivity index (χ2v) is 14.2. The van der Waals surface area contributed by atoms with Crippen molar-refractivity contribution >= 4 is 59.5 Å². The highest BCUT2D eigenvalue weighted by Crippen LogP contribution is 2.45. The molecule has 2 unspecified atom stereocenters. The Hall–Kier alpha value is -0.850. The molecule has 1 aliphatic rings. The maximum Gasteiger partial charge on any atom is 0.270 e. The fourth-order valence-corrected chi connectivity index (χ4v) is 3.34. The summed E-state index contributed by atoms with van der Waals surface area (Å²) in [4.78, 5) is 17.1. The number of rotatable bonds is 8. The molecule has 1 aliphatic carbocycles. The van der Waals surface area contributed by atoms with Crippen LogP contribution in [0, 0.1) is 5.41 Å². The molecule has 1 amide bonds. The number of hydrogen-bond donors (Lipinski definition) is 2. The number of alkyl halides is 3. The van der Waals surface area contributed by atoms with Crippen LogP contribution < -0.4 is 10.1 Å². The third kappa shape index (κ3) is 6.33. The summed E-state index contributed by atoms with van der Waals surface area (Å²) in [5.41, 5.74) is 1.14. The van der Waals surface area contributed by atoms with Gasteiger partial charge in [0.1, 0.15) is 18.1 Å². The fraction of sp³-hybridized carbons (Fsp3) is 0.579. The highest BCUT2D eigenvalue weighted by Gasteiger charge is 2.32. The van der Waals surface area contributed by atoms with Crippen molar-refractivity contribution in [2.24, 2.45) is 10.6 Å². The van der Waals surface area contributed by atoms with E-state index in [0.717, 1.165) is 18.4 Å². The first-order chi connectivity index (χ1) is 13.0. The molecule has 2 atom stereocenters. The van der Waals surface area contributed by atoms with Crippen LogP contribution in [-0.4, -0.2) is 40.7 Å². The molecule has 0 saturated heterocycles. The quantitative estimate of drug-likeness (QED) is 0.145. The van der Waals surface area contributed by atoms with Gasteiger partial charge < -0.3 is 15.3 Å². The number of nitrogens with one attached hydrogen (secondary N) is 1. The molecule has 1 fully saturated rings. The van der Waals surface area contributed by atoms with Crippen molar-refractivity contribution in [1.29, 1.82) is 0 Å². The molecule has 0 bridgehead atoms. The van der Waals surface area contributed by atoms with Crippen LogP contribution in [-0.2, 0) is 0 Å². The van der Waals surface area contributed by atoms with Crippen LogP contribution in [0.5, 0.6) is 5.75 Å². The van der Waals surface area contributed by atoms with Gasteiger partial charge in [0, 0.05) is 17.8 Å². The molecule has 156 valence electrons. The Bertz CT molecular complexity index is 774. The zero-order valence-electron chi connectivity index (χ0n) is 16.4. The van der Waals surface area contributed by atoms with Crippen LogP contribution in [0.15, 0.2) is 17.4 Å². The molecule has 2 N–H and O–H groups in total. The lowest BCUT2D eigenvalue weighted by atomic mass is 9.84. The second kappa shape index (κ2) is 9.31. The van der Waals surface area contributed by atoms with Gasteiger partial charge >= 0.3 is 0 Å². The first-order valence-corrected chi connectivity index (χ1v) is 12.6. The van der Waals surface area contributed by atoms with Gasteiger partial charge in [-0.25, -0.2) is 4.39 Å². The van der Waals surface area contributed by atoms with E-state index in [2.05, 4.69) is 20.0 Å². The number of amides is 1. The van der Waals surface area contributed by atoms with Gasteiger partial charge in [0.25, 0.3) is 5.91 Å². The molecule has 28 heavy (non-hydrogen) atoms. The summed E-state index contributed by atoms with van der Waals surface area (Å²) in [6.45, 7) is 7.36. The highest BCUT2D eigenvalue weighted by atomic mass is 127. The lowest BCUT2D eigenvalue weighted by molar-refractivity contribution is 0.0918. The summed E-state index contributed by atoms with van der Waals surface area (Å²) in [5.74, 6) is 0.447. The Morgan fingerprint density at radius 2 is 2.21 bits per heavy atom. The molecule has 1 heterocycles. The number of aromatic nitrogens is 1. The molecule has 6 nitrogen and oxygen atoms in total. The number of ether oxygens (including phenoxy) is 1. The van der Waals surface area contributed by atoms with E-state index in [4.69, 9.17) is 9.94 Å². The van der Waals surface area contributed by atoms with Gasteiger partial charge in [-0.2, -0.15) is 0 Å². The maximum atomic E-state index is 14.3. The van der Waals surface area contributed by atoms with Crippen molar-refractivity contribution in [2.75, 3.05) is 6.61 Å². The Kier molecular flexibility index (Phi) is 7.79. The number of hydrogen-bond acceptors (Lipinski definition) is 5. The summed E-state index contributed by atoms with van der Waals surface area (Å²) >= 11 is 0.842. The number of oxime groups is 1. The standard InChI is InChI=1S/C19H26FI2N3O3/c1-11(25-27)16(18(2,3)4)24-17(26)14-8-15(28-10-19(20,21)22-5)13(9-23-14)12-6-7-12/h8-9,12,16,27H,5-7,10H2,1-4H3,(H,24,26)/b25-11+. The van der Waals surface area contributed by atoms with Crippen LogP contribution in [0.25, 0.3) is 0 Å². The Morgan fingerprint density at radius 1 is 1.57 bits per heavy atom. The van der Waals surface area contributed by atoms with Crippen molar-refractivity contribution in [2.45, 2.75) is 54.2 Å². The van der Waals surface area contributed by atoms with Crippen LogP contribution in [0.1, 0.15) is 62.5 Å². The normalized spacial score (nSPS) is 18.3. The van der Waals surface area contributed by atoms with Gasteiger partial charge in [0.2, 0.25) is 1.68 Å². The number of carbonyl (C=O) groups is 1. The first-order valence-electron chi connectivity index (χ1n) is 8.88. The zero-order valence-corrected chi connectivity index (χ0v) is 20.7. The van der Waals surface area contributed by atoms with E-state index in [9.17, 15) is 9.18 Å². The summed E-state index contributed by atoms with van der Waals surface area (Å²) < 4.78 is 22.2. The van der Waals surface area contributed by atoms with E-state index >= 15 is 0 Å². The molecule has 0 aromatic carbocycles. The molecule has 2 rings (SSSR count). The number of pyridine rings is 1. The van der Waals surface area contributed by atoms with Gasteiger partial charge in [0.05, 0.1) is 11.8 Å². The van der Waals surface area contributed by atoms with Crippen LogP contribution in [0.2, 0.25) is 0 Å². The van der Waals surface area contributed by atoms with E-state index in [-0.39, 0.29) is 17.7 Å². The summed E-state index contributed by atoms with van der Waals surface area (Å²) in [6, 6.07) is 1.10. The third-order valence-corrected chi connectivity index (χ3v) is 8.12. The van der Waals surface area contributed by atoms with Gasteiger partial charge in [-0.3, -0.25) is 9.78 Å². The van der Waals surface area contributed by atoms with E-state index in [1.54, 1.807) is 41.8 Å². The molecule has 0 spiro atoms. The lowest BCUT2D eigenvalue weighted by Crippen LogP contribution is -2.48. The van der Waals surface area contributed by atoms with Gasteiger partial charge in [-0.1, -0.05) is 51.2 Å². The van der Waals surface area contributed by atoms with Crippen LogP contribution in [0.3, 0.4) is 0 Å². The smallest absolute Gasteiger partial charge is 0.270 e. The number of halogens is 3. The minimum absolute atomic E-state index is 0.101. The van der Waals surface area contributed by atoms with E-state index in [1.807, 2.05) is 20.8 Å². The van der Waals surface area contributed by atoms with Crippen molar-refractivity contribution < 1.29 is 19.1 Å². The summed E-state index contributed by atoms with van der Waals surface area (Å²) in [7, 11) is 0. The molecule has 0 aliphatic heterocycles. The Labute approximate surface area is 188 Å². The van der Waals surface area contributed by atoms with Crippen LogP contribution in [0.4, 0.5) is 4.39 Å². The summed E-state index contributed by atoms with van der Waals surface area (Å²) in [6.07, 6.45) is 3.72. The largest absolute Gasteiger partial charge is 0.488 e. The Morgan fingerprint density at radius 3 is 2.71 bits per heavy atom. The van der Waals surface area contributed by atoms with Crippen LogP contribution >= 0.6 is 43.3 Å². The van der Waals surface area contributed by atoms with Crippen molar-refractivity contribution in [3.8, 4) is 5.75 Å². The van der Waals surface area contributed by atoms with E-state index in [1.165, 1.54) is 0 Å². The molecule has 1 aromatic heterocycles. The van der Waals surface area contributed by atoms with Gasteiger partial charge in [0.15, 0.2) is 0 Å². The Balaban J connectivity index is 2.26. The van der Waals surface area contributed by atoms with Crippen molar-refractivity contribution in [3.05, 3.63) is 23.5 Å². The second-order valence-electron chi connectivity index (χ2n) is 7.93. The zero-order chi connectivity index (χ0) is 21.1. The average Bonchev–Trinajstić information content (AvgIpc) is 3.47. The predicted molar refractivity (Wildman–Crippen MR) is 126 cm³/mol. The molecule has 9 heteroatoms. The predicted octanol–water partition coefficient (Wildman–Crippen LogP) is 4.79. The average molecular weight is 617 g/mol.